The predicted molar refractivity (Wildman–Crippen MR) is 95.8 cm³/mol. The third-order valence-corrected chi connectivity index (χ3v) is 5.69. The quantitative estimate of drug-likeness (QED) is 0.868. The Hall–Kier alpha value is -1.53. The first-order chi connectivity index (χ1) is 11.8. The zero-order valence-electron chi connectivity index (χ0n) is 14.4. The van der Waals surface area contributed by atoms with Crippen molar-refractivity contribution in [3.05, 3.63) is 24.2 Å². The minimum Gasteiger partial charge on any atom is -0.459 e. The Balaban J connectivity index is 0.00000182. The van der Waals surface area contributed by atoms with E-state index in [9.17, 15) is 9.59 Å². The van der Waals surface area contributed by atoms with Crippen molar-refractivity contribution in [2.24, 2.45) is 0 Å². The second-order valence-electron chi connectivity index (χ2n) is 7.11. The van der Waals surface area contributed by atoms with Gasteiger partial charge >= 0.3 is 0 Å². The highest BCUT2D eigenvalue weighted by Crippen LogP contribution is 2.31. The molecule has 6 nitrogen and oxygen atoms in total. The zero-order chi connectivity index (χ0) is 16.5. The molecular formula is C18H26ClN3O3. The van der Waals surface area contributed by atoms with Gasteiger partial charge in [0.2, 0.25) is 5.91 Å². The fraction of sp³-hybridized carbons (Fsp3) is 0.667. The van der Waals surface area contributed by atoms with Gasteiger partial charge < -0.3 is 19.5 Å². The fourth-order valence-electron chi connectivity index (χ4n) is 4.49. The molecule has 3 saturated heterocycles. The van der Waals surface area contributed by atoms with Gasteiger partial charge in [-0.15, -0.1) is 12.4 Å². The van der Waals surface area contributed by atoms with Crippen molar-refractivity contribution in [1.29, 1.82) is 0 Å². The smallest absolute Gasteiger partial charge is 0.290 e. The van der Waals surface area contributed by atoms with E-state index in [4.69, 9.17) is 4.42 Å². The van der Waals surface area contributed by atoms with Crippen molar-refractivity contribution in [3.63, 3.8) is 0 Å². The molecular weight excluding hydrogens is 342 g/mol. The Labute approximate surface area is 154 Å². The van der Waals surface area contributed by atoms with E-state index in [2.05, 4.69) is 10.2 Å². The maximum atomic E-state index is 13.3. The van der Waals surface area contributed by atoms with Gasteiger partial charge in [0, 0.05) is 25.2 Å². The van der Waals surface area contributed by atoms with Gasteiger partial charge in [0.1, 0.15) is 6.04 Å². The molecule has 3 unspecified atom stereocenters. The summed E-state index contributed by atoms with van der Waals surface area (Å²) in [6, 6.07) is 3.68. The Morgan fingerprint density at radius 3 is 2.76 bits per heavy atom. The highest BCUT2D eigenvalue weighted by Gasteiger charge is 2.43. The number of carbonyl (C=O) groups is 2. The number of halogens is 1. The monoisotopic (exact) mass is 367 g/mol. The topological polar surface area (TPSA) is 65.8 Å². The number of hydrogen-bond acceptors (Lipinski definition) is 4. The molecule has 138 valence electrons. The van der Waals surface area contributed by atoms with Gasteiger partial charge in [-0.1, -0.05) is 0 Å². The molecule has 0 spiro atoms. The van der Waals surface area contributed by atoms with Crippen molar-refractivity contribution in [1.82, 2.24) is 15.1 Å². The summed E-state index contributed by atoms with van der Waals surface area (Å²) < 4.78 is 5.27. The molecule has 3 fully saturated rings. The number of amides is 2. The van der Waals surface area contributed by atoms with Crippen LogP contribution in [0.15, 0.2) is 22.8 Å². The SMILES string of the molecule is Cl.O=C(c1ccco1)N1CCCCC1C(=O)N1C2CCNCC1CC2. The van der Waals surface area contributed by atoms with E-state index < -0.39 is 0 Å². The Morgan fingerprint density at radius 1 is 1.12 bits per heavy atom. The highest BCUT2D eigenvalue weighted by molar-refractivity contribution is 5.96. The van der Waals surface area contributed by atoms with Crippen LogP contribution in [0.4, 0.5) is 0 Å². The number of carbonyl (C=O) groups excluding carboxylic acids is 2. The van der Waals surface area contributed by atoms with Gasteiger partial charge in [-0.2, -0.15) is 0 Å². The van der Waals surface area contributed by atoms with E-state index in [0.717, 1.165) is 51.6 Å². The molecule has 25 heavy (non-hydrogen) atoms. The van der Waals surface area contributed by atoms with Gasteiger partial charge in [0.25, 0.3) is 5.91 Å². The molecule has 2 amide bonds. The van der Waals surface area contributed by atoms with Crippen LogP contribution in [-0.2, 0) is 4.79 Å². The lowest BCUT2D eigenvalue weighted by molar-refractivity contribution is -0.139. The lowest BCUT2D eigenvalue weighted by Gasteiger charge is -2.39. The van der Waals surface area contributed by atoms with Crippen LogP contribution in [0.3, 0.4) is 0 Å². The Bertz CT molecular complexity index is 593. The van der Waals surface area contributed by atoms with E-state index in [-0.39, 0.29) is 36.3 Å². The average Bonchev–Trinajstić information content (AvgIpc) is 3.21. The molecule has 4 rings (SSSR count). The van der Waals surface area contributed by atoms with Crippen LogP contribution in [0.5, 0.6) is 0 Å². The van der Waals surface area contributed by atoms with E-state index in [1.807, 2.05) is 0 Å². The number of likely N-dealkylation sites (tertiary alicyclic amines) is 1. The molecule has 0 aromatic carbocycles. The number of hydrogen-bond donors (Lipinski definition) is 1. The Kier molecular flexibility index (Phi) is 5.69. The van der Waals surface area contributed by atoms with Crippen LogP contribution in [0, 0.1) is 0 Å². The van der Waals surface area contributed by atoms with Crippen LogP contribution in [0.2, 0.25) is 0 Å². The van der Waals surface area contributed by atoms with Crippen molar-refractivity contribution in [2.45, 2.75) is 56.7 Å². The highest BCUT2D eigenvalue weighted by atomic mass is 35.5. The summed E-state index contributed by atoms with van der Waals surface area (Å²) in [7, 11) is 0. The minimum absolute atomic E-state index is 0. The van der Waals surface area contributed by atoms with E-state index >= 15 is 0 Å². The first-order valence-electron chi connectivity index (χ1n) is 9.13. The molecule has 0 saturated carbocycles. The van der Waals surface area contributed by atoms with Gasteiger partial charge in [-0.25, -0.2) is 0 Å². The van der Waals surface area contributed by atoms with Crippen LogP contribution in [0.25, 0.3) is 0 Å². The molecule has 4 heterocycles. The van der Waals surface area contributed by atoms with Crippen molar-refractivity contribution >= 4 is 24.2 Å². The predicted octanol–water partition coefficient (Wildman–Crippen LogP) is 2.05. The van der Waals surface area contributed by atoms with Crippen LogP contribution in [0.1, 0.15) is 49.1 Å². The largest absolute Gasteiger partial charge is 0.459 e. The van der Waals surface area contributed by atoms with Gasteiger partial charge in [0.05, 0.1) is 6.26 Å². The summed E-state index contributed by atoms with van der Waals surface area (Å²) in [4.78, 5) is 29.9. The molecule has 0 radical (unpaired) electrons. The number of fused-ring (bicyclic) bond motifs is 2. The minimum atomic E-state index is -0.336. The standard InChI is InChI=1S/C18H25N3O3.ClH/c22-17(21-13-6-7-14(21)12-19-9-8-13)15-4-1-2-10-20(15)18(23)16-5-3-11-24-16;/h3,5,11,13-15,19H,1-2,4,6-10,12H2;1H. The van der Waals surface area contributed by atoms with Gasteiger partial charge in [-0.3, -0.25) is 9.59 Å². The summed E-state index contributed by atoms with van der Waals surface area (Å²) in [5.74, 6) is 0.319. The summed E-state index contributed by atoms with van der Waals surface area (Å²) in [5.41, 5.74) is 0. The molecule has 3 atom stereocenters. The number of nitrogens with one attached hydrogen (secondary N) is 1. The third kappa shape index (κ3) is 3.42. The first kappa shape index (κ1) is 18.3. The summed E-state index contributed by atoms with van der Waals surface area (Å²) in [6.07, 6.45) is 7.40. The maximum absolute atomic E-state index is 13.3. The van der Waals surface area contributed by atoms with Crippen molar-refractivity contribution in [2.75, 3.05) is 19.6 Å². The van der Waals surface area contributed by atoms with Crippen LogP contribution in [-0.4, -0.2) is 59.4 Å². The number of rotatable bonds is 2. The second kappa shape index (κ2) is 7.79. The first-order valence-corrected chi connectivity index (χ1v) is 9.13. The van der Waals surface area contributed by atoms with Gasteiger partial charge in [-0.05, 0) is 57.2 Å². The second-order valence-corrected chi connectivity index (χ2v) is 7.11. The van der Waals surface area contributed by atoms with E-state index in [0.29, 0.717) is 18.3 Å². The molecule has 3 aliphatic rings. The summed E-state index contributed by atoms with van der Waals surface area (Å²) in [5, 5.41) is 3.43. The molecule has 3 aliphatic heterocycles. The van der Waals surface area contributed by atoms with Crippen molar-refractivity contribution in [3.8, 4) is 0 Å². The number of nitrogens with zero attached hydrogens (tertiary/aromatic N) is 2. The van der Waals surface area contributed by atoms with Crippen LogP contribution >= 0.6 is 12.4 Å². The Morgan fingerprint density at radius 2 is 1.96 bits per heavy atom. The molecule has 1 aromatic rings. The van der Waals surface area contributed by atoms with Crippen LogP contribution < -0.4 is 5.32 Å². The molecule has 0 aliphatic carbocycles. The fourth-order valence-corrected chi connectivity index (χ4v) is 4.49. The van der Waals surface area contributed by atoms with E-state index in [1.54, 1.807) is 17.0 Å². The average molecular weight is 368 g/mol. The summed E-state index contributed by atoms with van der Waals surface area (Å²) in [6.45, 7) is 2.49. The summed E-state index contributed by atoms with van der Waals surface area (Å²) >= 11 is 0. The van der Waals surface area contributed by atoms with E-state index in [1.165, 1.54) is 6.26 Å². The zero-order valence-corrected chi connectivity index (χ0v) is 15.2. The normalized spacial score (nSPS) is 29.0. The molecule has 1 N–H and O–H groups in total. The molecule has 7 heteroatoms. The lowest BCUT2D eigenvalue weighted by Crippen LogP contribution is -2.56. The third-order valence-electron chi connectivity index (χ3n) is 5.69. The lowest BCUT2D eigenvalue weighted by atomic mass is 9.99. The number of furan rings is 1. The van der Waals surface area contributed by atoms with Crippen molar-refractivity contribution < 1.29 is 14.0 Å². The molecule has 2 bridgehead atoms. The maximum Gasteiger partial charge on any atom is 0.290 e. The number of piperidine rings is 1. The van der Waals surface area contributed by atoms with Gasteiger partial charge in [0.15, 0.2) is 5.76 Å². The molecule has 1 aromatic heterocycles.